The second kappa shape index (κ2) is 7.98. The second-order valence-electron chi connectivity index (χ2n) is 8.29. The number of hydrogen-bond donors (Lipinski definition) is 0. The highest BCUT2D eigenvalue weighted by Crippen LogP contribution is 2.52. The summed E-state index contributed by atoms with van der Waals surface area (Å²) in [6.07, 6.45) is 4.75. The molecule has 6 nitrogen and oxygen atoms in total. The van der Waals surface area contributed by atoms with Gasteiger partial charge in [-0.15, -0.1) is 0 Å². The van der Waals surface area contributed by atoms with Crippen LogP contribution in [0, 0.1) is 23.7 Å². The number of Topliss-reactive ketones (excluding diaryl/α,β-unsaturated/α-hetero) is 1. The maximum Gasteiger partial charge on any atom is 0.273 e. The molecule has 0 aromatic heterocycles. The first kappa shape index (κ1) is 21.1. The lowest BCUT2D eigenvalue weighted by atomic mass is 9.85. The first-order valence-electron chi connectivity index (χ1n) is 10.3. The van der Waals surface area contributed by atoms with E-state index in [-0.39, 0.29) is 23.2 Å². The number of halogens is 2. The van der Waals surface area contributed by atoms with Crippen LogP contribution >= 0.6 is 27.5 Å². The van der Waals surface area contributed by atoms with Crippen molar-refractivity contribution in [1.29, 1.82) is 0 Å². The molecule has 2 fully saturated rings. The monoisotopic (exact) mass is 512 g/mol. The van der Waals surface area contributed by atoms with E-state index < -0.39 is 36.1 Å². The topological polar surface area (TPSA) is 74.8 Å². The summed E-state index contributed by atoms with van der Waals surface area (Å²) in [7, 11) is 0. The van der Waals surface area contributed by atoms with Crippen molar-refractivity contribution in [3.8, 4) is 0 Å². The minimum Gasteiger partial charge on any atom is -0.292 e. The molecule has 1 aliphatic heterocycles. The van der Waals surface area contributed by atoms with Gasteiger partial charge in [0.25, 0.3) is 17.7 Å². The van der Waals surface area contributed by atoms with Crippen LogP contribution in [-0.4, -0.2) is 40.1 Å². The Hall–Kier alpha value is -2.77. The first-order valence-corrected chi connectivity index (χ1v) is 11.4. The molecule has 5 rings (SSSR count). The third kappa shape index (κ3) is 3.40. The Labute approximate surface area is 197 Å². The van der Waals surface area contributed by atoms with Crippen molar-refractivity contribution in [3.05, 3.63) is 81.3 Å². The minimum absolute atomic E-state index is 0.00103. The van der Waals surface area contributed by atoms with Gasteiger partial charge in [0.05, 0.1) is 11.8 Å². The van der Waals surface area contributed by atoms with Crippen molar-refractivity contribution in [2.45, 2.75) is 6.42 Å². The quantitative estimate of drug-likeness (QED) is 0.342. The maximum atomic E-state index is 13.4. The summed E-state index contributed by atoms with van der Waals surface area (Å²) in [5, 5.41) is 2.36. The van der Waals surface area contributed by atoms with Crippen LogP contribution in [0.25, 0.3) is 0 Å². The normalized spacial score (nSPS) is 25.4. The van der Waals surface area contributed by atoms with Crippen molar-refractivity contribution < 1.29 is 19.2 Å². The molecule has 2 aromatic rings. The van der Waals surface area contributed by atoms with E-state index in [1.54, 1.807) is 36.4 Å². The van der Waals surface area contributed by atoms with E-state index in [1.807, 2.05) is 12.2 Å². The molecule has 32 heavy (non-hydrogen) atoms. The van der Waals surface area contributed by atoms with Gasteiger partial charge in [-0.3, -0.25) is 19.2 Å². The minimum atomic E-state index is -0.603. The number of benzene rings is 2. The summed E-state index contributed by atoms with van der Waals surface area (Å²) in [4.78, 5) is 53.1. The molecule has 1 saturated carbocycles. The van der Waals surface area contributed by atoms with E-state index in [2.05, 4.69) is 15.9 Å². The van der Waals surface area contributed by atoms with Gasteiger partial charge in [-0.2, -0.15) is 5.01 Å². The molecule has 3 amide bonds. The zero-order chi connectivity index (χ0) is 22.6. The van der Waals surface area contributed by atoms with E-state index in [0.29, 0.717) is 10.6 Å². The number of allylic oxidation sites excluding steroid dienone is 2. The predicted molar refractivity (Wildman–Crippen MR) is 121 cm³/mol. The molecule has 162 valence electrons. The molecule has 8 heteroatoms. The number of carbonyl (C=O) groups excluding carboxylic acids is 4. The number of carbonyl (C=O) groups is 4. The zero-order valence-corrected chi connectivity index (χ0v) is 19.1. The van der Waals surface area contributed by atoms with E-state index in [1.165, 1.54) is 12.1 Å². The van der Waals surface area contributed by atoms with Crippen LogP contribution in [0.5, 0.6) is 0 Å². The molecule has 0 spiro atoms. The van der Waals surface area contributed by atoms with Gasteiger partial charge in [-0.1, -0.05) is 51.8 Å². The van der Waals surface area contributed by atoms with Crippen molar-refractivity contribution in [2.75, 3.05) is 6.54 Å². The van der Waals surface area contributed by atoms with Crippen LogP contribution in [0.2, 0.25) is 5.02 Å². The highest BCUT2D eigenvalue weighted by atomic mass is 79.9. The van der Waals surface area contributed by atoms with E-state index in [4.69, 9.17) is 11.6 Å². The van der Waals surface area contributed by atoms with Crippen LogP contribution in [-0.2, 0) is 9.59 Å². The van der Waals surface area contributed by atoms with Gasteiger partial charge in [-0.25, -0.2) is 5.01 Å². The Bertz CT molecular complexity index is 1130. The smallest absolute Gasteiger partial charge is 0.273 e. The number of rotatable bonds is 5. The first-order chi connectivity index (χ1) is 15.3. The third-order valence-electron chi connectivity index (χ3n) is 6.47. The van der Waals surface area contributed by atoms with Gasteiger partial charge in [0.2, 0.25) is 0 Å². The average Bonchev–Trinajstić information content (AvgIpc) is 3.47. The van der Waals surface area contributed by atoms with Gasteiger partial charge < -0.3 is 0 Å². The number of imide groups is 1. The second-order valence-corrected chi connectivity index (χ2v) is 9.64. The molecule has 0 radical (unpaired) electrons. The zero-order valence-electron chi connectivity index (χ0n) is 16.8. The van der Waals surface area contributed by atoms with Gasteiger partial charge in [-0.05, 0) is 54.7 Å². The summed E-state index contributed by atoms with van der Waals surface area (Å²) in [5.41, 5.74) is 0.611. The molecule has 3 aliphatic rings. The lowest BCUT2D eigenvalue weighted by molar-refractivity contribution is -0.154. The molecular formula is C24H18BrClN2O4. The molecule has 4 atom stereocenters. The Morgan fingerprint density at radius 2 is 1.44 bits per heavy atom. The predicted octanol–water partition coefficient (Wildman–Crippen LogP) is 4.15. The van der Waals surface area contributed by atoms with Crippen LogP contribution in [0.3, 0.4) is 0 Å². The molecule has 1 heterocycles. The lowest BCUT2D eigenvalue weighted by Crippen LogP contribution is -2.52. The summed E-state index contributed by atoms with van der Waals surface area (Å²) in [6.45, 7) is -0.428. The van der Waals surface area contributed by atoms with Crippen molar-refractivity contribution in [2.24, 2.45) is 23.7 Å². The average molecular weight is 514 g/mol. The Morgan fingerprint density at radius 3 is 2.00 bits per heavy atom. The Morgan fingerprint density at radius 1 is 0.906 bits per heavy atom. The van der Waals surface area contributed by atoms with Gasteiger partial charge in [0, 0.05) is 20.6 Å². The Balaban J connectivity index is 1.49. The van der Waals surface area contributed by atoms with Crippen molar-refractivity contribution >= 4 is 51.0 Å². The maximum absolute atomic E-state index is 13.4. The number of ketones is 1. The van der Waals surface area contributed by atoms with Crippen LogP contribution in [0.1, 0.15) is 27.1 Å². The summed E-state index contributed by atoms with van der Waals surface area (Å²) < 4.78 is 0.809. The van der Waals surface area contributed by atoms with Gasteiger partial charge in [0.1, 0.15) is 6.54 Å². The third-order valence-corrected chi connectivity index (χ3v) is 7.25. The van der Waals surface area contributed by atoms with Gasteiger partial charge in [0.15, 0.2) is 5.78 Å². The van der Waals surface area contributed by atoms with Crippen molar-refractivity contribution in [3.63, 3.8) is 0 Å². The van der Waals surface area contributed by atoms with Crippen LogP contribution in [0.15, 0.2) is 65.2 Å². The molecule has 2 aliphatic carbocycles. The largest absolute Gasteiger partial charge is 0.292 e. The van der Waals surface area contributed by atoms with E-state index in [0.717, 1.165) is 20.9 Å². The highest BCUT2D eigenvalue weighted by Gasteiger charge is 2.61. The summed E-state index contributed by atoms with van der Waals surface area (Å²) in [5.74, 6) is -2.75. The molecule has 2 bridgehead atoms. The number of fused-ring (bicyclic) bond motifs is 5. The molecule has 0 unspecified atom stereocenters. The number of hydrogen-bond acceptors (Lipinski definition) is 4. The van der Waals surface area contributed by atoms with Crippen molar-refractivity contribution in [1.82, 2.24) is 10.0 Å². The summed E-state index contributed by atoms with van der Waals surface area (Å²) >= 11 is 9.27. The molecule has 0 N–H and O–H groups in total. The van der Waals surface area contributed by atoms with E-state index >= 15 is 0 Å². The molecule has 2 aromatic carbocycles. The lowest BCUT2D eigenvalue weighted by Gasteiger charge is -2.30. The molecule has 1 saturated heterocycles. The van der Waals surface area contributed by atoms with Crippen LogP contribution in [0.4, 0.5) is 0 Å². The summed E-state index contributed by atoms with van der Waals surface area (Å²) in [6, 6.07) is 12.8. The van der Waals surface area contributed by atoms with E-state index in [9.17, 15) is 19.2 Å². The Kier molecular flexibility index (Phi) is 5.26. The number of hydrazine groups is 1. The van der Waals surface area contributed by atoms with Gasteiger partial charge >= 0.3 is 0 Å². The fraction of sp³-hybridized carbons (Fsp3) is 0.250. The fourth-order valence-corrected chi connectivity index (χ4v) is 5.35. The van der Waals surface area contributed by atoms with Crippen LogP contribution < -0.4 is 0 Å². The fourth-order valence-electron chi connectivity index (χ4n) is 4.96. The molecular weight excluding hydrogens is 496 g/mol. The highest BCUT2D eigenvalue weighted by molar-refractivity contribution is 9.10. The standard InChI is InChI=1S/C24H18BrClN2O4/c25-17-7-3-13(4-8-17)19(29)12-27(22(30)14-5-9-18(26)10-6-14)28-23(31)20-15-1-2-16(11-15)21(20)24(28)32/h1-10,15-16,20-21H,11-12H2/t15-,16-,20-,21-/m0/s1. The number of nitrogens with zero attached hydrogens (tertiary/aromatic N) is 2. The number of amides is 3. The SMILES string of the molecule is O=C(CN(C(=O)c1ccc(Cl)cc1)N1C(=O)[C@@H]2[C@@H](C1=O)[C@H]1C=C[C@H]2C1)c1ccc(Br)cc1.